The lowest BCUT2D eigenvalue weighted by Crippen LogP contribution is -2.23. The Balaban J connectivity index is 1.85. The van der Waals surface area contributed by atoms with Gasteiger partial charge < -0.3 is 10.6 Å². The third kappa shape index (κ3) is 4.62. The molecule has 0 amide bonds. The molecule has 2 aromatic rings. The van der Waals surface area contributed by atoms with Gasteiger partial charge in [0.15, 0.2) is 0 Å². The molecule has 0 bridgehead atoms. The standard InChI is InChI=1S/C17H22FN3/c1-13-5-6-15(10-16(13)18)17(19)7-9-21(2)12-14-4-3-8-20-11-14/h3-6,8,10-11,17H,7,9,12,19H2,1-2H3. The van der Waals surface area contributed by atoms with Gasteiger partial charge in [0.2, 0.25) is 0 Å². The van der Waals surface area contributed by atoms with Gasteiger partial charge in [0.25, 0.3) is 0 Å². The summed E-state index contributed by atoms with van der Waals surface area (Å²) in [4.78, 5) is 6.30. The molecule has 0 aliphatic carbocycles. The van der Waals surface area contributed by atoms with E-state index >= 15 is 0 Å². The summed E-state index contributed by atoms with van der Waals surface area (Å²) in [6.07, 6.45) is 4.43. The maximum absolute atomic E-state index is 13.6. The van der Waals surface area contributed by atoms with Crippen LogP contribution in [0.15, 0.2) is 42.7 Å². The van der Waals surface area contributed by atoms with E-state index in [-0.39, 0.29) is 11.9 Å². The molecule has 2 N–H and O–H groups in total. The Morgan fingerprint density at radius 2 is 2.14 bits per heavy atom. The van der Waals surface area contributed by atoms with Crippen molar-refractivity contribution in [2.24, 2.45) is 5.73 Å². The molecule has 3 nitrogen and oxygen atoms in total. The maximum atomic E-state index is 13.6. The van der Waals surface area contributed by atoms with Crippen LogP contribution in [0.5, 0.6) is 0 Å². The van der Waals surface area contributed by atoms with E-state index in [0.717, 1.165) is 25.1 Å². The molecule has 1 aromatic carbocycles. The highest BCUT2D eigenvalue weighted by molar-refractivity contribution is 5.25. The van der Waals surface area contributed by atoms with E-state index in [1.807, 2.05) is 18.3 Å². The minimum Gasteiger partial charge on any atom is -0.324 e. The first kappa shape index (κ1) is 15.6. The van der Waals surface area contributed by atoms with E-state index in [1.165, 1.54) is 5.56 Å². The number of halogens is 1. The van der Waals surface area contributed by atoms with Crippen LogP contribution in [0.1, 0.15) is 29.2 Å². The fraction of sp³-hybridized carbons (Fsp3) is 0.353. The molecule has 1 aromatic heterocycles. The zero-order valence-electron chi connectivity index (χ0n) is 12.6. The molecule has 112 valence electrons. The van der Waals surface area contributed by atoms with Gasteiger partial charge in [-0.05, 0) is 55.8 Å². The van der Waals surface area contributed by atoms with Gasteiger partial charge in [0.05, 0.1) is 0 Å². The van der Waals surface area contributed by atoms with Gasteiger partial charge >= 0.3 is 0 Å². The number of hydrogen-bond donors (Lipinski definition) is 1. The Kier molecular flexibility index (Phi) is 5.42. The van der Waals surface area contributed by atoms with Crippen molar-refractivity contribution >= 4 is 0 Å². The van der Waals surface area contributed by atoms with Gasteiger partial charge in [0.1, 0.15) is 5.82 Å². The molecule has 0 saturated heterocycles. The number of rotatable bonds is 6. The van der Waals surface area contributed by atoms with Crippen molar-refractivity contribution in [1.29, 1.82) is 0 Å². The number of nitrogens with two attached hydrogens (primary N) is 1. The van der Waals surface area contributed by atoms with E-state index < -0.39 is 0 Å². The Hall–Kier alpha value is -1.78. The second-order valence-corrected chi connectivity index (χ2v) is 5.50. The summed E-state index contributed by atoms with van der Waals surface area (Å²) in [5.74, 6) is -0.188. The van der Waals surface area contributed by atoms with Crippen molar-refractivity contribution in [3.05, 3.63) is 65.2 Å². The first-order valence-corrected chi connectivity index (χ1v) is 7.15. The van der Waals surface area contributed by atoms with Gasteiger partial charge in [-0.2, -0.15) is 0 Å². The number of hydrogen-bond acceptors (Lipinski definition) is 3. The first-order chi connectivity index (χ1) is 10.1. The van der Waals surface area contributed by atoms with Crippen molar-refractivity contribution < 1.29 is 4.39 Å². The summed E-state index contributed by atoms with van der Waals surface area (Å²) >= 11 is 0. The van der Waals surface area contributed by atoms with Crippen LogP contribution < -0.4 is 5.73 Å². The van der Waals surface area contributed by atoms with Crippen LogP contribution >= 0.6 is 0 Å². The fourth-order valence-corrected chi connectivity index (χ4v) is 2.25. The van der Waals surface area contributed by atoms with E-state index in [1.54, 1.807) is 25.3 Å². The van der Waals surface area contributed by atoms with Gasteiger partial charge in [-0.25, -0.2) is 4.39 Å². The maximum Gasteiger partial charge on any atom is 0.126 e. The Morgan fingerprint density at radius 3 is 2.81 bits per heavy atom. The second-order valence-electron chi connectivity index (χ2n) is 5.50. The molecule has 0 saturated carbocycles. The smallest absolute Gasteiger partial charge is 0.126 e. The molecule has 21 heavy (non-hydrogen) atoms. The predicted octanol–water partition coefficient (Wildman–Crippen LogP) is 3.05. The number of pyridine rings is 1. The first-order valence-electron chi connectivity index (χ1n) is 7.15. The average molecular weight is 287 g/mol. The van der Waals surface area contributed by atoms with Crippen LogP contribution in [0.2, 0.25) is 0 Å². The molecule has 1 unspecified atom stereocenters. The Bertz CT molecular complexity index is 572. The molecule has 0 aliphatic rings. The van der Waals surface area contributed by atoms with Crippen molar-refractivity contribution in [3.63, 3.8) is 0 Å². The number of aryl methyl sites for hydroxylation is 1. The highest BCUT2D eigenvalue weighted by Gasteiger charge is 2.10. The van der Waals surface area contributed by atoms with Crippen molar-refractivity contribution in [3.8, 4) is 0 Å². The third-order valence-electron chi connectivity index (χ3n) is 3.62. The van der Waals surface area contributed by atoms with E-state index in [9.17, 15) is 4.39 Å². The molecular weight excluding hydrogens is 265 g/mol. The van der Waals surface area contributed by atoms with Crippen LogP contribution in [0.4, 0.5) is 4.39 Å². The summed E-state index contributed by atoms with van der Waals surface area (Å²) < 4.78 is 13.6. The molecule has 2 rings (SSSR count). The fourth-order valence-electron chi connectivity index (χ4n) is 2.25. The average Bonchev–Trinajstić information content (AvgIpc) is 2.48. The second kappa shape index (κ2) is 7.29. The number of nitrogens with zero attached hydrogens (tertiary/aromatic N) is 2. The monoisotopic (exact) mass is 287 g/mol. The Morgan fingerprint density at radius 1 is 1.33 bits per heavy atom. The van der Waals surface area contributed by atoms with Crippen molar-refractivity contribution in [1.82, 2.24) is 9.88 Å². The molecule has 1 atom stereocenters. The van der Waals surface area contributed by atoms with Gasteiger partial charge in [-0.15, -0.1) is 0 Å². The summed E-state index contributed by atoms with van der Waals surface area (Å²) in [6, 6.07) is 9.08. The number of benzene rings is 1. The molecule has 1 heterocycles. The summed E-state index contributed by atoms with van der Waals surface area (Å²) in [5, 5.41) is 0. The quantitative estimate of drug-likeness (QED) is 0.888. The van der Waals surface area contributed by atoms with Gasteiger partial charge in [-0.1, -0.05) is 18.2 Å². The van der Waals surface area contributed by atoms with Crippen molar-refractivity contribution in [2.75, 3.05) is 13.6 Å². The molecule has 0 fully saturated rings. The molecule has 0 spiro atoms. The van der Waals surface area contributed by atoms with E-state index in [2.05, 4.69) is 23.0 Å². The van der Waals surface area contributed by atoms with E-state index in [0.29, 0.717) is 5.56 Å². The summed E-state index contributed by atoms with van der Waals surface area (Å²) in [6.45, 7) is 3.45. The molecule has 0 aliphatic heterocycles. The third-order valence-corrected chi connectivity index (χ3v) is 3.62. The van der Waals surface area contributed by atoms with Crippen LogP contribution in [0, 0.1) is 12.7 Å². The van der Waals surface area contributed by atoms with Gasteiger partial charge in [-0.3, -0.25) is 4.98 Å². The minimum absolute atomic E-state index is 0.142. The minimum atomic E-state index is -0.188. The highest BCUT2D eigenvalue weighted by Crippen LogP contribution is 2.18. The van der Waals surface area contributed by atoms with Crippen LogP contribution in [-0.2, 0) is 6.54 Å². The largest absolute Gasteiger partial charge is 0.324 e. The van der Waals surface area contributed by atoms with Crippen LogP contribution in [-0.4, -0.2) is 23.5 Å². The predicted molar refractivity (Wildman–Crippen MR) is 83.3 cm³/mol. The van der Waals surface area contributed by atoms with E-state index in [4.69, 9.17) is 5.73 Å². The van der Waals surface area contributed by atoms with Crippen LogP contribution in [0.25, 0.3) is 0 Å². The zero-order chi connectivity index (χ0) is 15.2. The highest BCUT2D eigenvalue weighted by atomic mass is 19.1. The number of aromatic nitrogens is 1. The topological polar surface area (TPSA) is 42.1 Å². The molecule has 4 heteroatoms. The lowest BCUT2D eigenvalue weighted by Gasteiger charge is -2.19. The summed E-state index contributed by atoms with van der Waals surface area (Å²) in [5.41, 5.74) is 8.83. The van der Waals surface area contributed by atoms with Gasteiger partial charge in [0, 0.05) is 25.0 Å². The molecule has 0 radical (unpaired) electrons. The molecular formula is C17H22FN3. The normalized spacial score (nSPS) is 12.6. The van der Waals surface area contributed by atoms with Crippen molar-refractivity contribution in [2.45, 2.75) is 25.9 Å². The summed E-state index contributed by atoms with van der Waals surface area (Å²) in [7, 11) is 2.05. The lowest BCUT2D eigenvalue weighted by molar-refractivity contribution is 0.311. The Labute approximate surface area is 125 Å². The lowest BCUT2D eigenvalue weighted by atomic mass is 10.0. The van der Waals surface area contributed by atoms with Crippen LogP contribution in [0.3, 0.4) is 0 Å². The zero-order valence-corrected chi connectivity index (χ0v) is 12.6. The SMILES string of the molecule is Cc1ccc(C(N)CCN(C)Cc2cccnc2)cc1F.